The number of methoxy groups -OCH3 is 2. The lowest BCUT2D eigenvalue weighted by molar-refractivity contribution is 0.396. The molecular weight excluding hydrogens is 402 g/mol. The van der Waals surface area contributed by atoms with Crippen LogP contribution < -0.4 is 19.3 Å². The van der Waals surface area contributed by atoms with Crippen molar-refractivity contribution in [2.24, 2.45) is 0 Å². The van der Waals surface area contributed by atoms with E-state index in [2.05, 4.69) is 58.2 Å². The lowest BCUT2D eigenvalue weighted by Crippen LogP contribution is -2.30. The molecule has 0 saturated heterocycles. The number of rotatable bonds is 5. The third kappa shape index (κ3) is 3.22. The molecule has 162 valence electrons. The Kier molecular flexibility index (Phi) is 4.93. The van der Waals surface area contributed by atoms with Gasteiger partial charge in [-0.1, -0.05) is 24.3 Å². The molecule has 5 rings (SSSR count). The minimum atomic E-state index is -0.0585. The molecule has 1 unspecified atom stereocenters. The quantitative estimate of drug-likeness (QED) is 0.453. The van der Waals surface area contributed by atoms with E-state index in [0.29, 0.717) is 5.88 Å². The molecule has 0 amide bonds. The maximum atomic E-state index is 5.68. The number of pyridine rings is 1. The van der Waals surface area contributed by atoms with Crippen molar-refractivity contribution in [2.45, 2.75) is 13.1 Å². The molecule has 1 aliphatic heterocycles. The first-order valence-corrected chi connectivity index (χ1v) is 10.4. The highest BCUT2D eigenvalue weighted by Gasteiger charge is 2.36. The van der Waals surface area contributed by atoms with Crippen molar-refractivity contribution in [3.8, 4) is 17.3 Å². The van der Waals surface area contributed by atoms with Crippen molar-refractivity contribution in [1.29, 1.82) is 0 Å². The van der Waals surface area contributed by atoms with E-state index in [1.807, 2.05) is 42.0 Å². The lowest BCUT2D eigenvalue weighted by atomic mass is 10.1. The number of imidazole rings is 1. The second kappa shape index (κ2) is 7.92. The van der Waals surface area contributed by atoms with Gasteiger partial charge in [-0.2, -0.15) is 4.98 Å². The van der Waals surface area contributed by atoms with Crippen LogP contribution in [0, 0.1) is 6.92 Å². The fourth-order valence-electron chi connectivity index (χ4n) is 4.26. The predicted molar refractivity (Wildman–Crippen MR) is 125 cm³/mol. The molecular formula is C25H25N5O2. The lowest BCUT2D eigenvalue weighted by Gasteiger charge is -2.31. The third-order valence-corrected chi connectivity index (χ3v) is 5.80. The minimum Gasteiger partial charge on any atom is -0.497 e. The van der Waals surface area contributed by atoms with E-state index in [4.69, 9.17) is 14.5 Å². The van der Waals surface area contributed by atoms with E-state index in [-0.39, 0.29) is 6.17 Å². The molecule has 0 radical (unpaired) electrons. The number of aromatic nitrogens is 3. The maximum Gasteiger partial charge on any atom is 0.240 e. The smallest absolute Gasteiger partial charge is 0.240 e. The maximum absolute atomic E-state index is 5.68. The molecule has 4 aromatic rings. The Hall–Kier alpha value is -4.00. The molecule has 0 aliphatic carbocycles. The average molecular weight is 428 g/mol. The summed E-state index contributed by atoms with van der Waals surface area (Å²) in [4.78, 5) is 13.7. The topological polar surface area (TPSA) is 55.7 Å². The van der Waals surface area contributed by atoms with Crippen LogP contribution in [0.3, 0.4) is 0 Å². The number of hydrogen-bond acceptors (Lipinski definition) is 6. The van der Waals surface area contributed by atoms with Gasteiger partial charge in [0, 0.05) is 13.2 Å². The van der Waals surface area contributed by atoms with Crippen molar-refractivity contribution in [1.82, 2.24) is 14.5 Å². The van der Waals surface area contributed by atoms with Crippen LogP contribution in [0.25, 0.3) is 5.69 Å². The van der Waals surface area contributed by atoms with Crippen LogP contribution in [0.1, 0.15) is 17.4 Å². The Morgan fingerprint density at radius 1 is 0.844 bits per heavy atom. The molecule has 1 aliphatic rings. The molecule has 0 bridgehead atoms. The number of anilines is 3. The zero-order valence-electron chi connectivity index (χ0n) is 18.6. The number of nitrogens with zero attached hydrogens (tertiary/aromatic N) is 5. The number of aryl methyl sites for hydroxylation is 1. The van der Waals surface area contributed by atoms with Gasteiger partial charge < -0.3 is 18.9 Å². The molecule has 1 atom stereocenters. The van der Waals surface area contributed by atoms with Gasteiger partial charge in [0.1, 0.15) is 23.4 Å². The highest BCUT2D eigenvalue weighted by atomic mass is 16.5. The van der Waals surface area contributed by atoms with Crippen molar-refractivity contribution in [3.63, 3.8) is 0 Å². The van der Waals surface area contributed by atoms with Crippen LogP contribution in [0.5, 0.6) is 11.6 Å². The predicted octanol–water partition coefficient (Wildman–Crippen LogP) is 4.88. The van der Waals surface area contributed by atoms with E-state index in [0.717, 1.165) is 39.9 Å². The zero-order valence-corrected chi connectivity index (χ0v) is 18.6. The van der Waals surface area contributed by atoms with E-state index >= 15 is 0 Å². The van der Waals surface area contributed by atoms with Crippen LogP contribution in [0.4, 0.5) is 17.2 Å². The first-order chi connectivity index (χ1) is 15.6. The third-order valence-electron chi connectivity index (χ3n) is 5.80. The molecule has 2 aromatic heterocycles. The van der Waals surface area contributed by atoms with Crippen molar-refractivity contribution >= 4 is 17.2 Å². The summed E-state index contributed by atoms with van der Waals surface area (Å²) >= 11 is 0. The SMILES string of the molecule is COc1ccc(C2N(C)c3ccccc3N2c2ccc(-n3cnc(C)c3)c(OC)n2)cc1. The Balaban J connectivity index is 1.63. The van der Waals surface area contributed by atoms with E-state index < -0.39 is 0 Å². The van der Waals surface area contributed by atoms with Gasteiger partial charge in [-0.15, -0.1) is 0 Å². The molecule has 0 N–H and O–H groups in total. The average Bonchev–Trinajstić information content (AvgIpc) is 3.40. The number of ether oxygens (including phenoxy) is 2. The molecule has 3 heterocycles. The fourth-order valence-corrected chi connectivity index (χ4v) is 4.26. The van der Waals surface area contributed by atoms with Crippen LogP contribution in [-0.2, 0) is 0 Å². The second-order valence-corrected chi connectivity index (χ2v) is 7.74. The van der Waals surface area contributed by atoms with Gasteiger partial charge >= 0.3 is 0 Å². The van der Waals surface area contributed by atoms with Gasteiger partial charge in [0.2, 0.25) is 5.88 Å². The second-order valence-electron chi connectivity index (χ2n) is 7.74. The normalized spacial score (nSPS) is 15.1. The highest BCUT2D eigenvalue weighted by Crippen LogP contribution is 2.49. The van der Waals surface area contributed by atoms with Gasteiger partial charge in [-0.25, -0.2) is 4.98 Å². The summed E-state index contributed by atoms with van der Waals surface area (Å²) in [5, 5.41) is 0. The Labute approximate surface area is 187 Å². The number of benzene rings is 2. The molecule has 0 spiro atoms. The van der Waals surface area contributed by atoms with Crippen LogP contribution in [-0.4, -0.2) is 35.8 Å². The largest absolute Gasteiger partial charge is 0.497 e. The van der Waals surface area contributed by atoms with Crippen molar-refractivity contribution < 1.29 is 9.47 Å². The van der Waals surface area contributed by atoms with Gasteiger partial charge in [-0.05, 0) is 48.9 Å². The highest BCUT2D eigenvalue weighted by molar-refractivity contribution is 5.83. The summed E-state index contributed by atoms with van der Waals surface area (Å²) in [6, 6.07) is 20.6. The van der Waals surface area contributed by atoms with E-state index in [9.17, 15) is 0 Å². The Morgan fingerprint density at radius 3 is 2.25 bits per heavy atom. The monoisotopic (exact) mass is 427 g/mol. The first kappa shape index (κ1) is 19.9. The Bertz CT molecular complexity index is 1250. The summed E-state index contributed by atoms with van der Waals surface area (Å²) in [7, 11) is 5.43. The summed E-state index contributed by atoms with van der Waals surface area (Å²) in [6.45, 7) is 1.96. The van der Waals surface area contributed by atoms with Gasteiger partial charge in [0.05, 0.1) is 37.6 Å². The molecule has 32 heavy (non-hydrogen) atoms. The molecule has 0 fully saturated rings. The van der Waals surface area contributed by atoms with Gasteiger partial charge in [0.15, 0.2) is 0 Å². The summed E-state index contributed by atoms with van der Waals surface area (Å²) in [5.41, 5.74) is 5.16. The first-order valence-electron chi connectivity index (χ1n) is 10.4. The number of hydrogen-bond donors (Lipinski definition) is 0. The van der Waals surface area contributed by atoms with Crippen molar-refractivity contribution in [2.75, 3.05) is 31.1 Å². The van der Waals surface area contributed by atoms with Crippen LogP contribution in [0.2, 0.25) is 0 Å². The summed E-state index contributed by atoms with van der Waals surface area (Å²) in [6.07, 6.45) is 3.67. The molecule has 7 heteroatoms. The van der Waals surface area contributed by atoms with E-state index in [1.54, 1.807) is 20.5 Å². The van der Waals surface area contributed by atoms with Crippen LogP contribution >= 0.6 is 0 Å². The number of fused-ring (bicyclic) bond motifs is 1. The Morgan fingerprint density at radius 2 is 1.59 bits per heavy atom. The van der Waals surface area contributed by atoms with E-state index in [1.165, 1.54) is 0 Å². The van der Waals surface area contributed by atoms with Crippen LogP contribution in [0.15, 0.2) is 73.2 Å². The fraction of sp³-hybridized carbons (Fsp3) is 0.200. The minimum absolute atomic E-state index is 0.0585. The summed E-state index contributed by atoms with van der Waals surface area (Å²) in [5.74, 6) is 2.18. The number of para-hydroxylation sites is 2. The van der Waals surface area contributed by atoms with Crippen molar-refractivity contribution in [3.05, 3.63) is 84.4 Å². The summed E-state index contributed by atoms with van der Waals surface area (Å²) < 4.78 is 13.0. The zero-order chi connectivity index (χ0) is 22.2. The molecule has 0 saturated carbocycles. The van der Waals surface area contributed by atoms with Gasteiger partial charge in [0.25, 0.3) is 0 Å². The molecule has 7 nitrogen and oxygen atoms in total. The molecule has 2 aromatic carbocycles. The van der Waals surface area contributed by atoms with Gasteiger partial charge in [-0.3, -0.25) is 4.90 Å². The standard InChI is InChI=1S/C25H25N5O2/c1-17-15-29(16-26-17)22-13-14-23(27-24(22)32-4)30-21-8-6-5-7-20(21)28(2)25(30)18-9-11-19(31-3)12-10-18/h5-16,25H,1-4H3.